The van der Waals surface area contributed by atoms with Crippen LogP contribution < -0.4 is 0 Å². The standard InChI is InChI=1S/3C14H16N2.Co/c3*1-9-5-13(15-7-11(9)3)14-6-10(2)12(4)8-16-14;/h3*5-8H,1-4H3;/q;;;+3. The van der Waals surface area contributed by atoms with Gasteiger partial charge in [0.2, 0.25) is 0 Å². The Morgan fingerprint density at radius 2 is 0.347 bits per heavy atom. The van der Waals surface area contributed by atoms with Crippen molar-refractivity contribution < 1.29 is 16.8 Å². The second-order valence-corrected chi connectivity index (χ2v) is 12.9. The van der Waals surface area contributed by atoms with Crippen molar-refractivity contribution in [1.29, 1.82) is 0 Å². The maximum absolute atomic E-state index is 4.42. The van der Waals surface area contributed by atoms with Crippen LogP contribution in [0.15, 0.2) is 73.6 Å². The zero-order chi connectivity index (χ0) is 35.1. The van der Waals surface area contributed by atoms with Gasteiger partial charge < -0.3 is 0 Å². The summed E-state index contributed by atoms with van der Waals surface area (Å²) in [5.74, 6) is 0. The first-order valence-electron chi connectivity index (χ1n) is 16.3. The molecule has 0 saturated heterocycles. The zero-order valence-corrected chi connectivity index (χ0v) is 32.0. The molecule has 6 heterocycles. The topological polar surface area (TPSA) is 77.3 Å². The maximum Gasteiger partial charge on any atom is 3.00 e. The summed E-state index contributed by atoms with van der Waals surface area (Å²) in [6.07, 6.45) is 11.4. The van der Waals surface area contributed by atoms with E-state index in [-0.39, 0.29) is 16.8 Å². The van der Waals surface area contributed by atoms with Crippen molar-refractivity contribution in [2.24, 2.45) is 0 Å². The predicted octanol–water partition coefficient (Wildman–Crippen LogP) is 10.1. The van der Waals surface area contributed by atoms with Gasteiger partial charge in [-0.15, -0.1) is 0 Å². The molecule has 0 bridgehead atoms. The second kappa shape index (κ2) is 17.2. The molecule has 6 nitrogen and oxygen atoms in total. The molecule has 0 aliphatic rings. The van der Waals surface area contributed by atoms with Crippen LogP contribution in [0.2, 0.25) is 0 Å². The van der Waals surface area contributed by atoms with E-state index < -0.39 is 0 Å². The van der Waals surface area contributed by atoms with Gasteiger partial charge in [-0.1, -0.05) is 0 Å². The molecule has 0 amide bonds. The van der Waals surface area contributed by atoms with Crippen molar-refractivity contribution in [2.45, 2.75) is 83.1 Å². The van der Waals surface area contributed by atoms with Crippen LogP contribution in [-0.4, -0.2) is 29.9 Å². The smallest absolute Gasteiger partial charge is 0.254 e. The number of hydrogen-bond donors (Lipinski definition) is 0. The summed E-state index contributed by atoms with van der Waals surface area (Å²) in [6.45, 7) is 25.0. The maximum atomic E-state index is 4.42. The molecule has 0 N–H and O–H groups in total. The molecule has 0 fully saturated rings. The normalized spacial score (nSPS) is 10.3. The van der Waals surface area contributed by atoms with E-state index in [1.165, 1.54) is 66.8 Å². The summed E-state index contributed by atoms with van der Waals surface area (Å²) in [5, 5.41) is 0. The Hall–Kier alpha value is -4.59. The summed E-state index contributed by atoms with van der Waals surface area (Å²) in [5.41, 5.74) is 20.5. The average Bonchev–Trinajstić information content (AvgIpc) is 3.06. The van der Waals surface area contributed by atoms with Crippen molar-refractivity contribution in [1.82, 2.24) is 29.9 Å². The molecule has 0 aliphatic heterocycles. The van der Waals surface area contributed by atoms with Crippen LogP contribution in [0.25, 0.3) is 34.2 Å². The Bertz CT molecular complexity index is 1680. The molecule has 0 aromatic carbocycles. The fourth-order valence-electron chi connectivity index (χ4n) is 4.59. The molecule has 49 heavy (non-hydrogen) atoms. The molecule has 7 heteroatoms. The Morgan fingerprint density at radius 1 is 0.224 bits per heavy atom. The summed E-state index contributed by atoms with van der Waals surface area (Å²) >= 11 is 0. The first kappa shape index (κ1) is 38.9. The summed E-state index contributed by atoms with van der Waals surface area (Å²) in [7, 11) is 0. The molecular weight excluding hydrogens is 647 g/mol. The van der Waals surface area contributed by atoms with Gasteiger partial charge in [-0.05, 0) is 186 Å². The van der Waals surface area contributed by atoms with E-state index >= 15 is 0 Å². The molecule has 6 rings (SSSR count). The third-order valence-corrected chi connectivity index (χ3v) is 9.02. The van der Waals surface area contributed by atoms with Gasteiger partial charge in [-0.3, -0.25) is 29.9 Å². The third kappa shape index (κ3) is 10.2. The molecule has 0 radical (unpaired) electrons. The van der Waals surface area contributed by atoms with Crippen molar-refractivity contribution in [3.05, 3.63) is 140 Å². The van der Waals surface area contributed by atoms with Gasteiger partial charge in [0.1, 0.15) is 0 Å². The number of aromatic nitrogens is 6. The second-order valence-electron chi connectivity index (χ2n) is 12.9. The Morgan fingerprint density at radius 3 is 0.449 bits per heavy atom. The van der Waals surface area contributed by atoms with Crippen LogP contribution in [0.4, 0.5) is 0 Å². The van der Waals surface area contributed by atoms with E-state index in [4.69, 9.17) is 0 Å². The van der Waals surface area contributed by atoms with E-state index in [9.17, 15) is 0 Å². The third-order valence-electron chi connectivity index (χ3n) is 9.02. The van der Waals surface area contributed by atoms with E-state index in [0.717, 1.165) is 34.2 Å². The molecule has 6 aromatic heterocycles. The van der Waals surface area contributed by atoms with Gasteiger partial charge in [-0.25, -0.2) is 0 Å². The number of nitrogens with zero attached hydrogens (tertiary/aromatic N) is 6. The van der Waals surface area contributed by atoms with Crippen LogP contribution >= 0.6 is 0 Å². The number of pyridine rings is 6. The van der Waals surface area contributed by atoms with E-state index in [1.807, 2.05) is 37.2 Å². The van der Waals surface area contributed by atoms with Gasteiger partial charge >= 0.3 is 16.8 Å². The van der Waals surface area contributed by atoms with Gasteiger partial charge in [0.15, 0.2) is 0 Å². The van der Waals surface area contributed by atoms with Crippen molar-refractivity contribution in [3.63, 3.8) is 0 Å². The minimum Gasteiger partial charge on any atom is -0.254 e. The molecule has 0 unspecified atom stereocenters. The van der Waals surface area contributed by atoms with Gasteiger partial charge in [0, 0.05) is 37.2 Å². The minimum absolute atomic E-state index is 0. The van der Waals surface area contributed by atoms with Gasteiger partial charge in [-0.2, -0.15) is 0 Å². The molecule has 0 saturated carbocycles. The molecule has 0 aliphatic carbocycles. The quantitative estimate of drug-likeness (QED) is 0.183. The van der Waals surface area contributed by atoms with Crippen LogP contribution in [0.5, 0.6) is 0 Å². The predicted molar refractivity (Wildman–Crippen MR) is 199 cm³/mol. The number of rotatable bonds is 3. The largest absolute Gasteiger partial charge is 3.00 e. The van der Waals surface area contributed by atoms with Gasteiger partial charge in [0.05, 0.1) is 34.2 Å². The first-order chi connectivity index (χ1) is 22.7. The summed E-state index contributed by atoms with van der Waals surface area (Å²) in [6, 6.07) is 12.5. The average molecular weight is 696 g/mol. The van der Waals surface area contributed by atoms with Gasteiger partial charge in [0.25, 0.3) is 0 Å². The molecule has 0 atom stereocenters. The molecule has 252 valence electrons. The van der Waals surface area contributed by atoms with E-state index in [1.54, 1.807) is 0 Å². The monoisotopic (exact) mass is 695 g/mol. The van der Waals surface area contributed by atoms with Crippen molar-refractivity contribution in [3.8, 4) is 34.2 Å². The van der Waals surface area contributed by atoms with Crippen LogP contribution in [0.1, 0.15) is 66.8 Å². The number of hydrogen-bond acceptors (Lipinski definition) is 6. The fraction of sp³-hybridized carbons (Fsp3) is 0.286. The minimum atomic E-state index is 0. The van der Waals surface area contributed by atoms with Crippen LogP contribution in [0.3, 0.4) is 0 Å². The fourth-order valence-corrected chi connectivity index (χ4v) is 4.59. The van der Waals surface area contributed by atoms with Crippen LogP contribution in [-0.2, 0) is 16.8 Å². The van der Waals surface area contributed by atoms with E-state index in [2.05, 4.69) is 149 Å². The summed E-state index contributed by atoms with van der Waals surface area (Å²) < 4.78 is 0. The Kier molecular flexibility index (Phi) is 13.6. The SMILES string of the molecule is Cc1cnc(-c2cc(C)c(C)cn2)cc1C.Cc1cnc(-c2cc(C)c(C)cn2)cc1C.Cc1cnc(-c2cc(C)c(C)cn2)cc1C.[Co+3]. The zero-order valence-electron chi connectivity index (χ0n) is 30.9. The van der Waals surface area contributed by atoms with Crippen LogP contribution in [0, 0.1) is 83.1 Å². The van der Waals surface area contributed by atoms with Crippen molar-refractivity contribution in [2.75, 3.05) is 0 Å². The number of aryl methyl sites for hydroxylation is 12. The van der Waals surface area contributed by atoms with E-state index in [0.29, 0.717) is 0 Å². The Balaban J connectivity index is 0.000000197. The summed E-state index contributed by atoms with van der Waals surface area (Å²) in [4.78, 5) is 26.5. The first-order valence-corrected chi connectivity index (χ1v) is 16.3. The molecule has 0 spiro atoms. The Labute approximate surface area is 303 Å². The van der Waals surface area contributed by atoms with Crippen molar-refractivity contribution >= 4 is 0 Å². The molecule has 6 aromatic rings. The molecular formula is C42H48CoN6+3.